The van der Waals surface area contributed by atoms with Gasteiger partial charge in [0.1, 0.15) is 6.04 Å². The van der Waals surface area contributed by atoms with Crippen LogP contribution in [0, 0.1) is 5.92 Å². The monoisotopic (exact) mass is 300 g/mol. The fourth-order valence-corrected chi connectivity index (χ4v) is 2.72. The highest BCUT2D eigenvalue weighted by atomic mass is 16.5. The second-order valence-electron chi connectivity index (χ2n) is 6.23. The lowest BCUT2D eigenvalue weighted by Gasteiger charge is -2.28. The molecule has 1 fully saturated rings. The lowest BCUT2D eigenvalue weighted by Crippen LogP contribution is -2.44. The first kappa shape index (κ1) is 18.4. The van der Waals surface area contributed by atoms with Crippen LogP contribution < -0.4 is 5.32 Å². The quantitative estimate of drug-likeness (QED) is 0.656. The van der Waals surface area contributed by atoms with E-state index in [1.165, 1.54) is 0 Å². The standard InChI is InChI=1S/C16H32N2O3/c1-5-21-16(19)15(17-13(2)3)6-9-18(4)12-14-7-10-20-11-8-14/h13-15,17H,5-12H2,1-4H3. The van der Waals surface area contributed by atoms with E-state index in [0.29, 0.717) is 6.61 Å². The fraction of sp³-hybridized carbons (Fsp3) is 0.938. The van der Waals surface area contributed by atoms with E-state index in [4.69, 9.17) is 9.47 Å². The largest absolute Gasteiger partial charge is 0.465 e. The Morgan fingerprint density at radius 1 is 1.38 bits per heavy atom. The summed E-state index contributed by atoms with van der Waals surface area (Å²) in [5.41, 5.74) is 0. The molecule has 0 aromatic rings. The Morgan fingerprint density at radius 3 is 2.62 bits per heavy atom. The molecule has 1 aliphatic heterocycles. The Hall–Kier alpha value is -0.650. The number of nitrogens with one attached hydrogen (secondary N) is 1. The minimum absolute atomic E-state index is 0.134. The van der Waals surface area contributed by atoms with Crippen molar-refractivity contribution in [2.75, 3.05) is 40.0 Å². The summed E-state index contributed by atoms with van der Waals surface area (Å²) in [5.74, 6) is 0.591. The average molecular weight is 300 g/mol. The van der Waals surface area contributed by atoms with Gasteiger partial charge in [-0.1, -0.05) is 13.8 Å². The summed E-state index contributed by atoms with van der Waals surface area (Å²) in [4.78, 5) is 14.3. The van der Waals surface area contributed by atoms with Crippen molar-refractivity contribution in [3.63, 3.8) is 0 Å². The Bertz CT molecular complexity index is 291. The maximum atomic E-state index is 12.0. The molecule has 1 atom stereocenters. The van der Waals surface area contributed by atoms with Crippen molar-refractivity contribution in [1.82, 2.24) is 10.2 Å². The smallest absolute Gasteiger partial charge is 0.323 e. The van der Waals surface area contributed by atoms with E-state index < -0.39 is 0 Å². The topological polar surface area (TPSA) is 50.8 Å². The maximum absolute atomic E-state index is 12.0. The van der Waals surface area contributed by atoms with E-state index >= 15 is 0 Å². The van der Waals surface area contributed by atoms with E-state index in [1.807, 2.05) is 6.92 Å². The molecule has 1 heterocycles. The molecule has 0 aromatic heterocycles. The molecule has 21 heavy (non-hydrogen) atoms. The zero-order valence-electron chi connectivity index (χ0n) is 14.1. The molecule has 1 rings (SSSR count). The van der Waals surface area contributed by atoms with Gasteiger partial charge < -0.3 is 19.7 Å². The molecular formula is C16H32N2O3. The van der Waals surface area contributed by atoms with Crippen molar-refractivity contribution in [1.29, 1.82) is 0 Å². The van der Waals surface area contributed by atoms with Crippen LogP contribution in [-0.2, 0) is 14.3 Å². The van der Waals surface area contributed by atoms with Crippen LogP contribution in [0.1, 0.15) is 40.0 Å². The zero-order chi connectivity index (χ0) is 15.7. The lowest BCUT2D eigenvalue weighted by molar-refractivity contribution is -0.146. The molecular weight excluding hydrogens is 268 g/mol. The third kappa shape index (κ3) is 7.79. The Labute approximate surface area is 129 Å². The molecule has 1 aliphatic rings. The Balaban J connectivity index is 2.34. The van der Waals surface area contributed by atoms with Gasteiger partial charge in [0.2, 0.25) is 0 Å². The van der Waals surface area contributed by atoms with Crippen LogP contribution in [0.2, 0.25) is 0 Å². The van der Waals surface area contributed by atoms with E-state index in [9.17, 15) is 4.79 Å². The van der Waals surface area contributed by atoms with Gasteiger partial charge in [-0.3, -0.25) is 4.79 Å². The van der Waals surface area contributed by atoms with E-state index in [1.54, 1.807) is 0 Å². The molecule has 5 nitrogen and oxygen atoms in total. The molecule has 1 saturated heterocycles. The molecule has 0 radical (unpaired) electrons. The molecule has 0 bridgehead atoms. The van der Waals surface area contributed by atoms with Crippen LogP contribution in [0.15, 0.2) is 0 Å². The van der Waals surface area contributed by atoms with Gasteiger partial charge >= 0.3 is 5.97 Å². The van der Waals surface area contributed by atoms with Crippen molar-refractivity contribution in [3.05, 3.63) is 0 Å². The lowest BCUT2D eigenvalue weighted by atomic mass is 10.00. The summed E-state index contributed by atoms with van der Waals surface area (Å²) in [5, 5.41) is 3.30. The van der Waals surface area contributed by atoms with Crippen LogP contribution in [0.3, 0.4) is 0 Å². The van der Waals surface area contributed by atoms with Crippen molar-refractivity contribution in [2.24, 2.45) is 5.92 Å². The van der Waals surface area contributed by atoms with Crippen molar-refractivity contribution in [2.45, 2.75) is 52.1 Å². The van der Waals surface area contributed by atoms with Gasteiger partial charge in [-0.25, -0.2) is 0 Å². The third-order valence-corrected chi connectivity index (χ3v) is 3.82. The van der Waals surface area contributed by atoms with Crippen LogP contribution in [0.5, 0.6) is 0 Å². The van der Waals surface area contributed by atoms with E-state index in [2.05, 4.69) is 31.1 Å². The van der Waals surface area contributed by atoms with Crippen LogP contribution >= 0.6 is 0 Å². The molecule has 124 valence electrons. The SMILES string of the molecule is CCOC(=O)C(CCN(C)CC1CCOCC1)NC(C)C. The Kier molecular flexibility index (Phi) is 8.88. The minimum atomic E-state index is -0.206. The number of esters is 1. The number of hydrogen-bond acceptors (Lipinski definition) is 5. The molecule has 0 aromatic carbocycles. The second kappa shape index (κ2) is 10.1. The number of carbonyl (C=O) groups excluding carboxylic acids is 1. The van der Waals surface area contributed by atoms with Gasteiger partial charge in [0.25, 0.3) is 0 Å². The molecule has 0 aliphatic carbocycles. The molecule has 1 N–H and O–H groups in total. The normalized spacial score (nSPS) is 18.2. The van der Waals surface area contributed by atoms with Crippen molar-refractivity contribution >= 4 is 5.97 Å². The molecule has 1 unspecified atom stereocenters. The molecule has 0 amide bonds. The highest BCUT2D eigenvalue weighted by Gasteiger charge is 2.22. The fourth-order valence-electron chi connectivity index (χ4n) is 2.72. The number of hydrogen-bond donors (Lipinski definition) is 1. The van der Waals surface area contributed by atoms with Gasteiger partial charge in [-0.15, -0.1) is 0 Å². The van der Waals surface area contributed by atoms with Crippen LogP contribution in [-0.4, -0.2) is 62.9 Å². The predicted octanol–water partition coefficient (Wildman–Crippen LogP) is 1.66. The van der Waals surface area contributed by atoms with Crippen molar-refractivity contribution in [3.8, 4) is 0 Å². The van der Waals surface area contributed by atoms with Gasteiger partial charge in [-0.05, 0) is 45.7 Å². The Morgan fingerprint density at radius 2 is 2.05 bits per heavy atom. The number of rotatable bonds is 9. The highest BCUT2D eigenvalue weighted by molar-refractivity contribution is 5.75. The van der Waals surface area contributed by atoms with Gasteiger partial charge in [0.15, 0.2) is 0 Å². The predicted molar refractivity (Wildman–Crippen MR) is 84.3 cm³/mol. The summed E-state index contributed by atoms with van der Waals surface area (Å²) in [6, 6.07) is 0.0716. The minimum Gasteiger partial charge on any atom is -0.465 e. The third-order valence-electron chi connectivity index (χ3n) is 3.82. The average Bonchev–Trinajstić information content (AvgIpc) is 2.44. The van der Waals surface area contributed by atoms with E-state index in [0.717, 1.165) is 51.5 Å². The van der Waals surface area contributed by atoms with Gasteiger partial charge in [-0.2, -0.15) is 0 Å². The van der Waals surface area contributed by atoms with Crippen molar-refractivity contribution < 1.29 is 14.3 Å². The first-order valence-electron chi connectivity index (χ1n) is 8.21. The molecule has 0 spiro atoms. The van der Waals surface area contributed by atoms with Crippen LogP contribution in [0.25, 0.3) is 0 Å². The van der Waals surface area contributed by atoms with Crippen LogP contribution in [0.4, 0.5) is 0 Å². The summed E-state index contributed by atoms with van der Waals surface area (Å²) in [6.45, 7) is 10.2. The first-order chi connectivity index (χ1) is 10.0. The highest BCUT2D eigenvalue weighted by Crippen LogP contribution is 2.15. The zero-order valence-corrected chi connectivity index (χ0v) is 14.1. The molecule has 0 saturated carbocycles. The summed E-state index contributed by atoms with van der Waals surface area (Å²) in [6.07, 6.45) is 3.09. The number of ether oxygens (including phenoxy) is 2. The number of nitrogens with zero attached hydrogens (tertiary/aromatic N) is 1. The first-order valence-corrected chi connectivity index (χ1v) is 8.21. The second-order valence-corrected chi connectivity index (χ2v) is 6.23. The maximum Gasteiger partial charge on any atom is 0.323 e. The van der Waals surface area contributed by atoms with Gasteiger partial charge in [0, 0.05) is 25.8 Å². The number of carbonyl (C=O) groups is 1. The summed E-state index contributed by atoms with van der Waals surface area (Å²) in [7, 11) is 2.13. The van der Waals surface area contributed by atoms with E-state index in [-0.39, 0.29) is 18.1 Å². The summed E-state index contributed by atoms with van der Waals surface area (Å²) >= 11 is 0. The summed E-state index contributed by atoms with van der Waals surface area (Å²) < 4.78 is 10.5. The van der Waals surface area contributed by atoms with Gasteiger partial charge in [0.05, 0.1) is 6.61 Å². The molecule has 5 heteroatoms.